The summed E-state index contributed by atoms with van der Waals surface area (Å²) >= 11 is 0. The molecule has 1 aromatic heterocycles. The number of para-hydroxylation sites is 1. The van der Waals surface area contributed by atoms with Crippen molar-refractivity contribution in [3.05, 3.63) is 62.4 Å². The van der Waals surface area contributed by atoms with Crippen molar-refractivity contribution in [3.63, 3.8) is 0 Å². The van der Waals surface area contributed by atoms with E-state index in [0.717, 1.165) is 10.1 Å². The van der Waals surface area contributed by atoms with Crippen LogP contribution in [0.1, 0.15) is 11.3 Å². The average molecular weight is 288 g/mol. The number of nitrogens with zero attached hydrogens (tertiary/aromatic N) is 1. The van der Waals surface area contributed by atoms with Gasteiger partial charge >= 0.3 is 11.7 Å². The molecule has 0 bridgehead atoms. The maximum atomic E-state index is 11.8. The van der Waals surface area contributed by atoms with Gasteiger partial charge in [-0.15, -0.1) is 0 Å². The fourth-order valence-electron chi connectivity index (χ4n) is 1.82. The van der Waals surface area contributed by atoms with E-state index >= 15 is 0 Å². The normalized spacial score (nSPS) is 10.2. The maximum Gasteiger partial charge on any atom is 0.330 e. The molecular formula is C14H16N4O3. The van der Waals surface area contributed by atoms with E-state index in [0.29, 0.717) is 11.4 Å². The summed E-state index contributed by atoms with van der Waals surface area (Å²) in [5, 5.41) is 5.12. The van der Waals surface area contributed by atoms with Gasteiger partial charge in [-0.2, -0.15) is 0 Å². The van der Waals surface area contributed by atoms with Gasteiger partial charge in [-0.05, 0) is 25.5 Å². The first-order chi connectivity index (χ1) is 9.97. The quantitative estimate of drug-likeness (QED) is 0.784. The van der Waals surface area contributed by atoms with Gasteiger partial charge in [0, 0.05) is 17.4 Å². The van der Waals surface area contributed by atoms with E-state index in [4.69, 9.17) is 0 Å². The molecule has 0 spiro atoms. The lowest BCUT2D eigenvalue weighted by Crippen LogP contribution is -2.42. The Kier molecular flexibility index (Phi) is 4.22. The fraction of sp³-hybridized carbons (Fsp3) is 0.214. The molecule has 0 aliphatic carbocycles. The molecule has 0 saturated carbocycles. The topological polar surface area (TPSA) is 96.0 Å². The van der Waals surface area contributed by atoms with E-state index in [1.54, 1.807) is 19.1 Å². The highest BCUT2D eigenvalue weighted by atomic mass is 16.2. The van der Waals surface area contributed by atoms with Gasteiger partial charge in [0.05, 0.1) is 0 Å². The van der Waals surface area contributed by atoms with Crippen LogP contribution in [0.15, 0.2) is 39.9 Å². The number of hydrogen-bond donors (Lipinski definition) is 3. The molecular weight excluding hydrogens is 272 g/mol. The maximum absolute atomic E-state index is 11.8. The summed E-state index contributed by atoms with van der Waals surface area (Å²) in [7, 11) is 0. The minimum atomic E-state index is -0.559. The number of urea groups is 1. The molecule has 0 atom stereocenters. The molecule has 2 rings (SSSR count). The first kappa shape index (κ1) is 14.6. The number of nitrogens with one attached hydrogen (secondary N) is 3. The van der Waals surface area contributed by atoms with Crippen molar-refractivity contribution < 1.29 is 4.79 Å². The zero-order valence-corrected chi connectivity index (χ0v) is 11.8. The van der Waals surface area contributed by atoms with Crippen LogP contribution in [0.4, 0.5) is 10.5 Å². The largest absolute Gasteiger partial charge is 0.330 e. The number of benzene rings is 1. The van der Waals surface area contributed by atoms with Crippen LogP contribution in [0.25, 0.3) is 0 Å². The number of aromatic nitrogens is 2. The molecule has 0 fully saturated rings. The molecule has 0 radical (unpaired) electrons. The molecule has 0 saturated heterocycles. The van der Waals surface area contributed by atoms with Crippen LogP contribution in [0.5, 0.6) is 0 Å². The van der Waals surface area contributed by atoms with E-state index in [1.807, 2.05) is 19.1 Å². The Morgan fingerprint density at radius 1 is 1.24 bits per heavy atom. The molecule has 1 heterocycles. The number of anilines is 1. The number of rotatable bonds is 3. The predicted molar refractivity (Wildman–Crippen MR) is 79.4 cm³/mol. The van der Waals surface area contributed by atoms with Crippen molar-refractivity contribution in [2.24, 2.45) is 0 Å². The van der Waals surface area contributed by atoms with Crippen molar-refractivity contribution in [2.75, 3.05) is 5.32 Å². The molecule has 110 valence electrons. The molecule has 7 heteroatoms. The highest BCUT2D eigenvalue weighted by Gasteiger charge is 2.06. The second-order valence-corrected chi connectivity index (χ2v) is 4.63. The van der Waals surface area contributed by atoms with Crippen LogP contribution in [0.3, 0.4) is 0 Å². The Morgan fingerprint density at radius 2 is 1.95 bits per heavy atom. The van der Waals surface area contributed by atoms with Crippen LogP contribution in [0.2, 0.25) is 0 Å². The summed E-state index contributed by atoms with van der Waals surface area (Å²) in [6.45, 7) is 3.28. The van der Waals surface area contributed by atoms with Crippen molar-refractivity contribution in [2.45, 2.75) is 20.5 Å². The summed E-state index contributed by atoms with van der Waals surface area (Å²) in [5.41, 5.74) is 1.03. The minimum Gasteiger partial charge on any atom is -0.320 e. The fourth-order valence-corrected chi connectivity index (χ4v) is 1.82. The summed E-state index contributed by atoms with van der Waals surface area (Å²) in [6, 6.07) is 8.10. The van der Waals surface area contributed by atoms with Gasteiger partial charge in [0.15, 0.2) is 0 Å². The molecule has 3 N–H and O–H groups in total. The summed E-state index contributed by atoms with van der Waals surface area (Å²) in [5.74, 6) is 0. The summed E-state index contributed by atoms with van der Waals surface area (Å²) in [4.78, 5) is 37.6. The molecule has 0 unspecified atom stereocenters. The minimum absolute atomic E-state index is 0.202. The van der Waals surface area contributed by atoms with Gasteiger partial charge in [-0.1, -0.05) is 18.2 Å². The Labute approximate surface area is 120 Å². The molecule has 2 aromatic rings. The van der Waals surface area contributed by atoms with Gasteiger partial charge in [-0.3, -0.25) is 4.79 Å². The lowest BCUT2D eigenvalue weighted by molar-refractivity contribution is 0.249. The number of hydrogen-bond acceptors (Lipinski definition) is 3. The second kappa shape index (κ2) is 6.08. The Hall–Kier alpha value is -2.83. The first-order valence-corrected chi connectivity index (χ1v) is 6.38. The van der Waals surface area contributed by atoms with Crippen molar-refractivity contribution in [3.8, 4) is 0 Å². The molecule has 7 nitrogen and oxygen atoms in total. The van der Waals surface area contributed by atoms with Gasteiger partial charge in [-0.25, -0.2) is 14.2 Å². The zero-order valence-electron chi connectivity index (χ0n) is 11.8. The van der Waals surface area contributed by atoms with Crippen LogP contribution in [-0.4, -0.2) is 15.6 Å². The van der Waals surface area contributed by atoms with Crippen LogP contribution < -0.4 is 21.9 Å². The number of carbonyl (C=O) groups excluding carboxylic acids is 1. The van der Waals surface area contributed by atoms with Gasteiger partial charge < -0.3 is 15.6 Å². The van der Waals surface area contributed by atoms with Gasteiger partial charge in [0.2, 0.25) is 0 Å². The summed E-state index contributed by atoms with van der Waals surface area (Å²) in [6.07, 6.45) is 0. The highest BCUT2D eigenvalue weighted by molar-refractivity contribution is 5.89. The SMILES string of the molecule is Cc1cc(=O)n(CNC(=O)Nc2ccccc2C)c(=O)[nH]1. The first-order valence-electron chi connectivity index (χ1n) is 6.38. The third-order valence-corrected chi connectivity index (χ3v) is 2.95. The third kappa shape index (κ3) is 3.59. The van der Waals surface area contributed by atoms with E-state index in [9.17, 15) is 14.4 Å². The lowest BCUT2D eigenvalue weighted by atomic mass is 10.2. The van der Waals surface area contributed by atoms with Crippen molar-refractivity contribution in [1.29, 1.82) is 0 Å². The number of aromatic amines is 1. The van der Waals surface area contributed by atoms with E-state index in [1.165, 1.54) is 6.07 Å². The Bertz CT molecular complexity index is 745. The van der Waals surface area contributed by atoms with E-state index in [2.05, 4.69) is 15.6 Å². The highest BCUT2D eigenvalue weighted by Crippen LogP contribution is 2.12. The van der Waals surface area contributed by atoms with Crippen LogP contribution in [-0.2, 0) is 6.67 Å². The average Bonchev–Trinajstić information content (AvgIpc) is 2.40. The van der Waals surface area contributed by atoms with Gasteiger partial charge in [0.1, 0.15) is 6.67 Å². The molecule has 1 aromatic carbocycles. The smallest absolute Gasteiger partial charge is 0.320 e. The molecule has 2 amide bonds. The van der Waals surface area contributed by atoms with Crippen LogP contribution >= 0.6 is 0 Å². The number of carbonyl (C=O) groups is 1. The standard InChI is InChI=1S/C14H16N4O3/c1-9-5-3-4-6-11(9)17-13(20)15-8-18-12(19)7-10(2)16-14(18)21/h3-7H,8H2,1-2H3,(H,16,21)(H2,15,17,20). The number of H-pyrrole nitrogens is 1. The Morgan fingerprint density at radius 3 is 2.62 bits per heavy atom. The van der Waals surface area contributed by atoms with E-state index < -0.39 is 17.3 Å². The Balaban J connectivity index is 2.04. The zero-order chi connectivity index (χ0) is 15.4. The van der Waals surface area contributed by atoms with Crippen molar-refractivity contribution in [1.82, 2.24) is 14.9 Å². The molecule has 0 aliphatic rings. The lowest BCUT2D eigenvalue weighted by Gasteiger charge is -2.10. The second-order valence-electron chi connectivity index (χ2n) is 4.63. The molecule has 0 aliphatic heterocycles. The third-order valence-electron chi connectivity index (χ3n) is 2.95. The van der Waals surface area contributed by atoms with Crippen LogP contribution in [0, 0.1) is 13.8 Å². The predicted octanol–water partition coefficient (Wildman–Crippen LogP) is 0.933. The van der Waals surface area contributed by atoms with E-state index in [-0.39, 0.29) is 6.67 Å². The number of amides is 2. The van der Waals surface area contributed by atoms with Gasteiger partial charge in [0.25, 0.3) is 5.56 Å². The summed E-state index contributed by atoms with van der Waals surface area (Å²) < 4.78 is 0.907. The number of aryl methyl sites for hydroxylation is 2. The molecule has 21 heavy (non-hydrogen) atoms. The van der Waals surface area contributed by atoms with Crippen molar-refractivity contribution >= 4 is 11.7 Å². The monoisotopic (exact) mass is 288 g/mol.